The van der Waals surface area contributed by atoms with Crippen molar-refractivity contribution in [2.75, 3.05) is 5.32 Å². The third-order valence-electron chi connectivity index (χ3n) is 2.08. The van der Waals surface area contributed by atoms with E-state index in [4.69, 9.17) is 16.9 Å². The van der Waals surface area contributed by atoms with Crippen molar-refractivity contribution in [3.8, 4) is 6.07 Å². The number of halogens is 2. The Kier molecular flexibility index (Phi) is 3.22. The van der Waals surface area contributed by atoms with Crippen LogP contribution in [0.5, 0.6) is 0 Å². The highest BCUT2D eigenvalue weighted by atomic mass is 35.5. The highest BCUT2D eigenvalue weighted by Crippen LogP contribution is 2.27. The van der Waals surface area contributed by atoms with Gasteiger partial charge in [0.1, 0.15) is 23.4 Å². The molecule has 0 atom stereocenters. The number of para-hydroxylation sites is 1. The molecule has 0 saturated carbocycles. The van der Waals surface area contributed by atoms with E-state index in [0.717, 1.165) is 0 Å². The minimum Gasteiger partial charge on any atom is -0.337 e. The second-order valence-electron chi connectivity index (χ2n) is 3.24. The molecule has 0 aliphatic carbocycles. The summed E-state index contributed by atoms with van der Waals surface area (Å²) in [6.07, 6.45) is 0. The minimum absolute atomic E-state index is 0.150. The van der Waals surface area contributed by atoms with Gasteiger partial charge in [-0.05, 0) is 24.3 Å². The molecule has 0 saturated heterocycles. The van der Waals surface area contributed by atoms with Crippen LogP contribution in [0.15, 0.2) is 36.4 Å². The smallest absolute Gasteiger partial charge is 0.148 e. The second-order valence-corrected chi connectivity index (χ2v) is 3.65. The first-order chi connectivity index (χ1) is 8.20. The number of nitrogens with zero attached hydrogens (tertiary/aromatic N) is 2. The molecular formula is C12H7ClFN3. The topological polar surface area (TPSA) is 48.7 Å². The van der Waals surface area contributed by atoms with Gasteiger partial charge >= 0.3 is 0 Å². The molecule has 0 amide bonds. The van der Waals surface area contributed by atoms with E-state index in [1.54, 1.807) is 24.3 Å². The molecule has 1 aromatic heterocycles. The fourth-order valence-electron chi connectivity index (χ4n) is 1.31. The Balaban J connectivity index is 2.35. The van der Waals surface area contributed by atoms with Crippen molar-refractivity contribution in [2.45, 2.75) is 0 Å². The van der Waals surface area contributed by atoms with Crippen LogP contribution in [0.1, 0.15) is 5.69 Å². The van der Waals surface area contributed by atoms with Gasteiger partial charge in [-0.25, -0.2) is 9.37 Å². The largest absolute Gasteiger partial charge is 0.337 e. The summed E-state index contributed by atoms with van der Waals surface area (Å²) >= 11 is 5.86. The number of pyridine rings is 1. The van der Waals surface area contributed by atoms with Gasteiger partial charge in [0.15, 0.2) is 0 Å². The summed E-state index contributed by atoms with van der Waals surface area (Å²) in [6.45, 7) is 0. The van der Waals surface area contributed by atoms with Crippen molar-refractivity contribution in [2.24, 2.45) is 0 Å². The average Bonchev–Trinajstić information content (AvgIpc) is 2.34. The van der Waals surface area contributed by atoms with Crippen molar-refractivity contribution < 1.29 is 4.39 Å². The molecular weight excluding hydrogens is 241 g/mol. The molecule has 17 heavy (non-hydrogen) atoms. The Bertz CT molecular complexity index is 572. The third kappa shape index (κ3) is 2.52. The molecule has 1 heterocycles. The summed E-state index contributed by atoms with van der Waals surface area (Å²) < 4.78 is 13.5. The SMILES string of the molecule is N#Cc1cccc(Nc2c(F)cccc2Cl)n1. The van der Waals surface area contributed by atoms with Crippen molar-refractivity contribution in [3.05, 3.63) is 52.9 Å². The van der Waals surface area contributed by atoms with E-state index >= 15 is 0 Å². The van der Waals surface area contributed by atoms with Crippen LogP contribution in [0, 0.1) is 17.1 Å². The van der Waals surface area contributed by atoms with Crippen LogP contribution in [-0.2, 0) is 0 Å². The Hall–Kier alpha value is -2.12. The summed E-state index contributed by atoms with van der Waals surface area (Å²) in [4.78, 5) is 3.97. The number of benzene rings is 1. The minimum atomic E-state index is -0.471. The normalized spacial score (nSPS) is 9.71. The van der Waals surface area contributed by atoms with Crippen molar-refractivity contribution in [1.82, 2.24) is 4.98 Å². The molecule has 2 rings (SSSR count). The van der Waals surface area contributed by atoms with E-state index < -0.39 is 5.82 Å². The molecule has 0 aliphatic rings. The standard InChI is InChI=1S/C12H7ClFN3/c13-9-4-2-5-10(14)12(9)17-11-6-1-3-8(7-15)16-11/h1-6H,(H,16,17). The number of nitriles is 1. The lowest BCUT2D eigenvalue weighted by Gasteiger charge is -2.08. The number of nitrogens with one attached hydrogen (secondary N) is 1. The highest BCUT2D eigenvalue weighted by molar-refractivity contribution is 6.33. The third-order valence-corrected chi connectivity index (χ3v) is 2.39. The van der Waals surface area contributed by atoms with Crippen LogP contribution in [-0.4, -0.2) is 4.98 Å². The molecule has 1 aromatic carbocycles. The molecule has 0 fully saturated rings. The zero-order valence-corrected chi connectivity index (χ0v) is 9.37. The van der Waals surface area contributed by atoms with Crippen molar-refractivity contribution in [1.29, 1.82) is 5.26 Å². The van der Waals surface area contributed by atoms with Crippen LogP contribution in [0.3, 0.4) is 0 Å². The maximum Gasteiger partial charge on any atom is 0.148 e. The zero-order valence-electron chi connectivity index (χ0n) is 8.61. The van der Waals surface area contributed by atoms with E-state index in [2.05, 4.69) is 10.3 Å². The Labute approximate surface area is 102 Å². The van der Waals surface area contributed by atoms with Crippen LogP contribution < -0.4 is 5.32 Å². The lowest BCUT2D eigenvalue weighted by atomic mass is 10.3. The van der Waals surface area contributed by atoms with Crippen LogP contribution in [0.25, 0.3) is 0 Å². The number of hydrogen-bond acceptors (Lipinski definition) is 3. The Morgan fingerprint density at radius 3 is 2.71 bits per heavy atom. The fraction of sp³-hybridized carbons (Fsp3) is 0. The zero-order chi connectivity index (χ0) is 12.3. The molecule has 0 radical (unpaired) electrons. The summed E-state index contributed by atoms with van der Waals surface area (Å²) in [5.74, 6) is -0.0993. The molecule has 2 aromatic rings. The molecule has 5 heteroatoms. The summed E-state index contributed by atoms with van der Waals surface area (Å²) in [7, 11) is 0. The van der Waals surface area contributed by atoms with Crippen LogP contribution >= 0.6 is 11.6 Å². The van der Waals surface area contributed by atoms with E-state index in [1.807, 2.05) is 6.07 Å². The number of aromatic nitrogens is 1. The molecule has 84 valence electrons. The van der Waals surface area contributed by atoms with E-state index in [-0.39, 0.29) is 16.4 Å². The van der Waals surface area contributed by atoms with E-state index in [0.29, 0.717) is 5.82 Å². The van der Waals surface area contributed by atoms with Gasteiger partial charge in [-0.2, -0.15) is 5.26 Å². The average molecular weight is 248 g/mol. The van der Waals surface area contributed by atoms with Gasteiger partial charge in [-0.15, -0.1) is 0 Å². The maximum atomic E-state index is 13.5. The first-order valence-electron chi connectivity index (χ1n) is 4.79. The van der Waals surface area contributed by atoms with Gasteiger partial charge < -0.3 is 5.32 Å². The predicted molar refractivity (Wildman–Crippen MR) is 63.6 cm³/mol. The summed E-state index contributed by atoms with van der Waals surface area (Å²) in [5.41, 5.74) is 0.402. The second kappa shape index (κ2) is 4.81. The number of hydrogen-bond donors (Lipinski definition) is 1. The van der Waals surface area contributed by atoms with Crippen LogP contribution in [0.4, 0.5) is 15.9 Å². The van der Waals surface area contributed by atoms with Gasteiger partial charge in [-0.3, -0.25) is 0 Å². The van der Waals surface area contributed by atoms with Gasteiger partial charge in [0.25, 0.3) is 0 Å². The van der Waals surface area contributed by atoms with Gasteiger partial charge in [0.2, 0.25) is 0 Å². The van der Waals surface area contributed by atoms with Gasteiger partial charge in [0.05, 0.1) is 10.7 Å². The molecule has 0 aliphatic heterocycles. The quantitative estimate of drug-likeness (QED) is 0.884. The molecule has 0 bridgehead atoms. The van der Waals surface area contributed by atoms with Crippen molar-refractivity contribution in [3.63, 3.8) is 0 Å². The lowest BCUT2D eigenvalue weighted by molar-refractivity contribution is 0.632. The predicted octanol–water partition coefficient (Wildman–Crippen LogP) is 3.49. The van der Waals surface area contributed by atoms with Crippen LogP contribution in [0.2, 0.25) is 5.02 Å². The fourth-order valence-corrected chi connectivity index (χ4v) is 1.52. The van der Waals surface area contributed by atoms with E-state index in [1.165, 1.54) is 12.1 Å². The van der Waals surface area contributed by atoms with E-state index in [9.17, 15) is 4.39 Å². The monoisotopic (exact) mass is 247 g/mol. The Morgan fingerprint density at radius 2 is 2.00 bits per heavy atom. The highest BCUT2D eigenvalue weighted by Gasteiger charge is 2.07. The summed E-state index contributed by atoms with van der Waals surface area (Å²) in [5, 5.41) is 11.7. The first-order valence-corrected chi connectivity index (χ1v) is 5.16. The number of rotatable bonds is 2. The van der Waals surface area contributed by atoms with Gasteiger partial charge in [0, 0.05) is 0 Å². The van der Waals surface area contributed by atoms with Gasteiger partial charge in [-0.1, -0.05) is 23.7 Å². The number of anilines is 2. The first kappa shape index (κ1) is 11.4. The lowest BCUT2D eigenvalue weighted by Crippen LogP contribution is -1.97. The maximum absolute atomic E-state index is 13.5. The molecule has 3 nitrogen and oxygen atoms in total. The molecule has 0 spiro atoms. The Morgan fingerprint density at radius 1 is 1.24 bits per heavy atom. The van der Waals surface area contributed by atoms with Crippen molar-refractivity contribution >= 4 is 23.1 Å². The molecule has 0 unspecified atom stereocenters. The molecule has 1 N–H and O–H groups in total. The summed E-state index contributed by atoms with van der Waals surface area (Å²) in [6, 6.07) is 11.1.